The third kappa shape index (κ3) is 11.4. The number of nitrogens with one attached hydrogen (secondary N) is 2. The SMILES string of the molecule is CCCCC1(CCCC)CN(c2ccccc2)c2cc(SC)c(OCCC(=O)N[C@@H](C(=O)N[C@@H](C[S+](C)[O-])C(=O)O)c3ccccc3)cc2S(=O)(=O)C1. The lowest BCUT2D eigenvalue weighted by molar-refractivity contribution is -0.141. The summed E-state index contributed by atoms with van der Waals surface area (Å²) in [5.41, 5.74) is 1.50. The highest BCUT2D eigenvalue weighted by atomic mass is 32.2. The molecule has 3 N–H and O–H groups in total. The zero-order valence-corrected chi connectivity index (χ0v) is 33.3. The Hall–Kier alpha value is -3.72. The van der Waals surface area contributed by atoms with Crippen LogP contribution in [0.5, 0.6) is 5.75 Å². The van der Waals surface area contributed by atoms with E-state index in [1.54, 1.807) is 36.4 Å². The maximum absolute atomic E-state index is 14.4. The molecule has 0 fully saturated rings. The minimum atomic E-state index is -3.77. The number of para-hydroxylation sites is 1. The third-order valence-corrected chi connectivity index (χ3v) is 12.9. The Morgan fingerprint density at radius 1 is 1.00 bits per heavy atom. The highest BCUT2D eigenvalue weighted by Crippen LogP contribution is 2.47. The Morgan fingerprint density at radius 3 is 2.19 bits per heavy atom. The smallest absolute Gasteiger partial charge is 0.331 e. The van der Waals surface area contributed by atoms with Crippen LogP contribution >= 0.6 is 11.8 Å². The van der Waals surface area contributed by atoms with Crippen molar-refractivity contribution in [2.45, 2.75) is 80.7 Å². The lowest BCUT2D eigenvalue weighted by Gasteiger charge is -2.37. The molecule has 0 saturated carbocycles. The van der Waals surface area contributed by atoms with Gasteiger partial charge in [0, 0.05) is 23.7 Å². The molecule has 1 unspecified atom stereocenters. The number of sulfone groups is 1. The first-order chi connectivity index (χ1) is 25.3. The molecule has 0 saturated heterocycles. The molecule has 0 radical (unpaired) electrons. The summed E-state index contributed by atoms with van der Waals surface area (Å²) in [6.07, 6.45) is 8.43. The van der Waals surface area contributed by atoms with E-state index in [0.717, 1.165) is 44.2 Å². The average Bonchev–Trinajstić information content (AvgIpc) is 3.23. The first-order valence-corrected chi connectivity index (χ1v) is 22.5. The molecule has 1 aliphatic heterocycles. The number of fused-ring (bicyclic) bond motifs is 1. The number of anilines is 2. The third-order valence-electron chi connectivity index (χ3n) is 9.35. The van der Waals surface area contributed by atoms with E-state index in [4.69, 9.17) is 4.74 Å². The van der Waals surface area contributed by atoms with Gasteiger partial charge in [-0.05, 0) is 42.9 Å². The number of carboxylic acids is 1. The summed E-state index contributed by atoms with van der Waals surface area (Å²) in [5, 5.41) is 14.6. The number of rotatable bonds is 19. The lowest BCUT2D eigenvalue weighted by Crippen LogP contribution is -2.50. The monoisotopic (exact) mass is 785 g/mol. The van der Waals surface area contributed by atoms with Gasteiger partial charge in [0.05, 0.1) is 40.5 Å². The Balaban J connectivity index is 1.60. The number of carboxylic acid groups (broad SMARTS) is 1. The summed E-state index contributed by atoms with van der Waals surface area (Å²) in [4.78, 5) is 41.3. The van der Waals surface area contributed by atoms with Gasteiger partial charge in [-0.25, -0.2) is 13.2 Å². The Morgan fingerprint density at radius 2 is 1.62 bits per heavy atom. The van der Waals surface area contributed by atoms with Crippen molar-refractivity contribution in [2.75, 3.05) is 42.1 Å². The number of hydrogen-bond donors (Lipinski definition) is 3. The number of carbonyl (C=O) groups is 3. The van der Waals surface area contributed by atoms with Gasteiger partial charge >= 0.3 is 5.97 Å². The van der Waals surface area contributed by atoms with Crippen molar-refractivity contribution in [1.29, 1.82) is 0 Å². The fourth-order valence-electron chi connectivity index (χ4n) is 6.68. The number of benzene rings is 3. The van der Waals surface area contributed by atoms with Gasteiger partial charge in [0.25, 0.3) is 0 Å². The molecule has 3 atom stereocenters. The lowest BCUT2D eigenvalue weighted by atomic mass is 9.79. The van der Waals surface area contributed by atoms with E-state index in [-0.39, 0.29) is 29.4 Å². The predicted molar refractivity (Wildman–Crippen MR) is 211 cm³/mol. The largest absolute Gasteiger partial charge is 0.616 e. The summed E-state index contributed by atoms with van der Waals surface area (Å²) >= 11 is -0.0811. The molecular weight excluding hydrogens is 735 g/mol. The average molecular weight is 786 g/mol. The zero-order valence-electron chi connectivity index (χ0n) is 30.8. The highest BCUT2D eigenvalue weighted by molar-refractivity contribution is 7.98. The minimum Gasteiger partial charge on any atom is -0.616 e. The first kappa shape index (κ1) is 42.0. The Bertz CT molecular complexity index is 1780. The molecule has 11 nitrogen and oxygen atoms in total. The molecule has 14 heteroatoms. The number of nitrogens with zero attached hydrogens (tertiary/aromatic N) is 1. The van der Waals surface area contributed by atoms with E-state index in [0.29, 0.717) is 28.4 Å². The van der Waals surface area contributed by atoms with Crippen molar-refractivity contribution in [3.05, 3.63) is 78.4 Å². The van der Waals surface area contributed by atoms with Crippen LogP contribution in [0.3, 0.4) is 0 Å². The molecule has 0 bridgehead atoms. The Labute approximate surface area is 320 Å². The fourth-order valence-corrected chi connectivity index (χ4v) is 10.0. The van der Waals surface area contributed by atoms with Gasteiger partial charge in [0.15, 0.2) is 15.9 Å². The van der Waals surface area contributed by atoms with Gasteiger partial charge in [-0.2, -0.15) is 0 Å². The van der Waals surface area contributed by atoms with Crippen LogP contribution in [0, 0.1) is 5.41 Å². The van der Waals surface area contributed by atoms with Crippen LogP contribution in [-0.4, -0.2) is 79.1 Å². The van der Waals surface area contributed by atoms with Crippen LogP contribution < -0.4 is 20.3 Å². The van der Waals surface area contributed by atoms with Crippen LogP contribution in [0.2, 0.25) is 0 Å². The maximum Gasteiger partial charge on any atom is 0.331 e. The van der Waals surface area contributed by atoms with E-state index in [2.05, 4.69) is 29.4 Å². The fraction of sp³-hybridized carbons (Fsp3) is 0.462. The molecular formula is C39H51N3O8S3. The zero-order chi connectivity index (χ0) is 38.6. The Kier molecular flexibility index (Phi) is 15.5. The van der Waals surface area contributed by atoms with E-state index < -0.39 is 56.3 Å². The second kappa shape index (κ2) is 19.6. The van der Waals surface area contributed by atoms with Crippen molar-refractivity contribution in [1.82, 2.24) is 10.6 Å². The van der Waals surface area contributed by atoms with Gasteiger partial charge in [0.1, 0.15) is 17.5 Å². The molecule has 3 aromatic carbocycles. The van der Waals surface area contributed by atoms with Gasteiger partial charge in [-0.1, -0.05) is 99.2 Å². The van der Waals surface area contributed by atoms with E-state index >= 15 is 0 Å². The number of unbranched alkanes of at least 4 members (excludes halogenated alkanes) is 2. The molecule has 3 aromatic rings. The molecule has 0 aliphatic carbocycles. The summed E-state index contributed by atoms with van der Waals surface area (Å²) < 4.78 is 46.7. The first-order valence-electron chi connectivity index (χ1n) is 17.9. The molecule has 4 rings (SSSR count). The second-order valence-corrected chi connectivity index (χ2v) is 17.8. The van der Waals surface area contributed by atoms with Crippen LogP contribution in [0.15, 0.2) is 82.6 Å². The van der Waals surface area contributed by atoms with Crippen molar-refractivity contribution < 1.29 is 37.2 Å². The molecule has 0 aromatic heterocycles. The quantitative estimate of drug-likeness (QED) is 0.0932. The van der Waals surface area contributed by atoms with Gasteiger partial charge in [-0.15, -0.1) is 11.8 Å². The van der Waals surface area contributed by atoms with Crippen LogP contribution in [0.25, 0.3) is 0 Å². The van der Waals surface area contributed by atoms with Crippen molar-refractivity contribution in [2.24, 2.45) is 5.41 Å². The number of amides is 2. The molecule has 288 valence electrons. The van der Waals surface area contributed by atoms with E-state index in [1.165, 1.54) is 18.0 Å². The van der Waals surface area contributed by atoms with E-state index in [9.17, 15) is 32.5 Å². The topological polar surface area (TPSA) is 165 Å². The molecule has 1 heterocycles. The number of carbonyl (C=O) groups excluding carboxylic acids is 2. The molecule has 0 spiro atoms. The number of hydrogen-bond acceptors (Lipinski definition) is 9. The number of ether oxygens (including phenoxy) is 1. The molecule has 53 heavy (non-hydrogen) atoms. The van der Waals surface area contributed by atoms with Crippen molar-refractivity contribution in [3.8, 4) is 5.75 Å². The summed E-state index contributed by atoms with van der Waals surface area (Å²) in [5.74, 6) is -2.58. The molecule has 1 aliphatic rings. The molecule has 2 amide bonds. The minimum absolute atomic E-state index is 0.0244. The van der Waals surface area contributed by atoms with Crippen LogP contribution in [0.1, 0.15) is 70.4 Å². The van der Waals surface area contributed by atoms with Gasteiger partial charge in [0.2, 0.25) is 11.8 Å². The predicted octanol–water partition coefficient (Wildman–Crippen LogP) is 6.28. The summed E-state index contributed by atoms with van der Waals surface area (Å²) in [7, 11) is -3.77. The maximum atomic E-state index is 14.4. The second-order valence-electron chi connectivity index (χ2n) is 13.5. The van der Waals surface area contributed by atoms with Crippen LogP contribution in [-0.2, 0) is 35.4 Å². The van der Waals surface area contributed by atoms with E-state index in [1.807, 2.05) is 42.7 Å². The number of thioether (sulfide) groups is 1. The van der Waals surface area contributed by atoms with Gasteiger partial charge < -0.3 is 29.9 Å². The van der Waals surface area contributed by atoms with Crippen molar-refractivity contribution >= 4 is 61.9 Å². The number of aliphatic carboxylic acids is 1. The highest BCUT2D eigenvalue weighted by Gasteiger charge is 2.42. The standard InChI is InChI=1S/C39H51N3O8S3/c1-5-7-20-39(21-8-6-2)26-42(29-17-13-10-14-18-29)31-23-33(51-3)32(24-34(31)53(48,49)27-39)50-22-19-35(43)41-36(28-15-11-9-12-16-28)37(44)40-30(38(45)46)25-52(4)47/h9-18,23-24,30,36H,5-8,19-22,25-27H2,1-4H3,(H,40,44)(H,41,43)(H,45,46)/t30-,36+,52?/m0/s1. The van der Waals surface area contributed by atoms with Gasteiger partial charge in [-0.3, -0.25) is 9.59 Å². The van der Waals surface area contributed by atoms with Crippen molar-refractivity contribution in [3.63, 3.8) is 0 Å². The normalized spacial score (nSPS) is 16.4. The summed E-state index contributed by atoms with van der Waals surface area (Å²) in [6, 6.07) is 19.1. The van der Waals surface area contributed by atoms with Crippen LogP contribution in [0.4, 0.5) is 11.4 Å². The summed E-state index contributed by atoms with van der Waals surface area (Å²) in [6.45, 7) is 4.70.